The minimum absolute atomic E-state index is 0.109. The second-order valence-corrected chi connectivity index (χ2v) is 7.84. The van der Waals surface area contributed by atoms with Crippen molar-refractivity contribution in [1.82, 2.24) is 5.32 Å². The van der Waals surface area contributed by atoms with Crippen LogP contribution in [0.2, 0.25) is 5.02 Å². The molecule has 112 valence electrons. The smallest absolute Gasteiger partial charge is 0.261 e. The Hall–Kier alpha value is -0.780. The Morgan fingerprint density at radius 1 is 1.35 bits per heavy atom. The molecule has 0 aromatic heterocycles. The van der Waals surface area contributed by atoms with Crippen molar-refractivity contribution in [1.29, 1.82) is 0 Å². The first-order valence-corrected chi connectivity index (χ1v) is 8.93. The molecule has 0 bridgehead atoms. The summed E-state index contributed by atoms with van der Waals surface area (Å²) in [4.78, 5) is 11.8. The molecule has 0 heterocycles. The molecule has 0 radical (unpaired) electrons. The van der Waals surface area contributed by atoms with Crippen molar-refractivity contribution in [2.45, 2.75) is 31.6 Å². The zero-order valence-corrected chi connectivity index (χ0v) is 13.6. The van der Waals surface area contributed by atoms with Crippen molar-refractivity contribution in [2.75, 3.05) is 6.54 Å². The Kier molecular flexibility index (Phi) is 6.30. The molecule has 0 aliphatic carbocycles. The quantitative estimate of drug-likeness (QED) is 0.638. The summed E-state index contributed by atoms with van der Waals surface area (Å²) in [6, 6.07) is 3.79. The standard InChI is InChI=1S/C13H17Cl2NO3S/c1-9(2)4-3-7-16-13(17)11-8-10(20(15,18)19)5-6-12(11)14/h5-6,8-9H,3-4,7H2,1-2H3,(H,16,17). The lowest BCUT2D eigenvalue weighted by Crippen LogP contribution is -2.25. The van der Waals surface area contributed by atoms with Crippen LogP contribution in [0.1, 0.15) is 37.0 Å². The molecule has 7 heteroatoms. The largest absolute Gasteiger partial charge is 0.352 e. The first-order chi connectivity index (χ1) is 9.21. The van der Waals surface area contributed by atoms with E-state index in [2.05, 4.69) is 19.2 Å². The van der Waals surface area contributed by atoms with Crippen LogP contribution in [-0.4, -0.2) is 20.9 Å². The Balaban J connectivity index is 2.77. The van der Waals surface area contributed by atoms with E-state index in [1.165, 1.54) is 18.2 Å². The predicted octanol–water partition coefficient (Wildman–Crippen LogP) is 3.43. The van der Waals surface area contributed by atoms with Gasteiger partial charge in [0.05, 0.1) is 15.5 Å². The average molecular weight is 338 g/mol. The van der Waals surface area contributed by atoms with Gasteiger partial charge in [0, 0.05) is 17.2 Å². The van der Waals surface area contributed by atoms with Crippen molar-refractivity contribution >= 4 is 37.2 Å². The number of benzene rings is 1. The van der Waals surface area contributed by atoms with Gasteiger partial charge in [-0.15, -0.1) is 0 Å². The molecule has 20 heavy (non-hydrogen) atoms. The van der Waals surface area contributed by atoms with Crippen molar-refractivity contribution in [3.63, 3.8) is 0 Å². The van der Waals surface area contributed by atoms with Gasteiger partial charge in [0.1, 0.15) is 0 Å². The van der Waals surface area contributed by atoms with Crippen molar-refractivity contribution in [3.8, 4) is 0 Å². The Morgan fingerprint density at radius 3 is 2.55 bits per heavy atom. The number of hydrogen-bond acceptors (Lipinski definition) is 3. The van der Waals surface area contributed by atoms with Crippen LogP contribution in [0.25, 0.3) is 0 Å². The molecule has 0 atom stereocenters. The highest BCUT2D eigenvalue weighted by Gasteiger charge is 2.16. The molecular weight excluding hydrogens is 321 g/mol. The molecule has 0 saturated heterocycles. The summed E-state index contributed by atoms with van der Waals surface area (Å²) in [7, 11) is 1.37. The fraction of sp³-hybridized carbons (Fsp3) is 0.462. The first-order valence-electron chi connectivity index (χ1n) is 6.24. The van der Waals surface area contributed by atoms with Gasteiger partial charge in [0.2, 0.25) is 0 Å². The molecular formula is C13H17Cl2NO3S. The minimum atomic E-state index is -3.88. The van der Waals surface area contributed by atoms with Crippen LogP contribution in [0.4, 0.5) is 0 Å². The third kappa shape index (κ3) is 5.31. The number of amides is 1. The van der Waals surface area contributed by atoms with Crippen LogP contribution in [0.3, 0.4) is 0 Å². The summed E-state index contributed by atoms with van der Waals surface area (Å²) in [5.74, 6) is 0.168. The summed E-state index contributed by atoms with van der Waals surface area (Å²) in [6.45, 7) is 4.73. The summed E-state index contributed by atoms with van der Waals surface area (Å²) < 4.78 is 22.5. The maximum atomic E-state index is 12.0. The molecule has 0 aliphatic heterocycles. The highest BCUT2D eigenvalue weighted by molar-refractivity contribution is 8.13. The zero-order valence-electron chi connectivity index (χ0n) is 11.3. The van der Waals surface area contributed by atoms with Gasteiger partial charge in [-0.3, -0.25) is 4.79 Å². The predicted molar refractivity (Wildman–Crippen MR) is 80.9 cm³/mol. The molecule has 0 unspecified atom stereocenters. The lowest BCUT2D eigenvalue weighted by Gasteiger charge is -2.09. The van der Waals surface area contributed by atoms with Gasteiger partial charge >= 0.3 is 0 Å². The van der Waals surface area contributed by atoms with Gasteiger partial charge in [-0.2, -0.15) is 0 Å². The highest BCUT2D eigenvalue weighted by Crippen LogP contribution is 2.22. The number of halogens is 2. The third-order valence-corrected chi connectivity index (χ3v) is 4.39. The van der Waals surface area contributed by atoms with E-state index < -0.39 is 15.0 Å². The Morgan fingerprint density at radius 2 is 2.00 bits per heavy atom. The molecule has 1 aromatic rings. The molecule has 0 spiro atoms. The summed E-state index contributed by atoms with van der Waals surface area (Å²) in [5, 5.41) is 2.90. The van der Waals surface area contributed by atoms with E-state index in [1.807, 2.05) is 0 Å². The summed E-state index contributed by atoms with van der Waals surface area (Å²) in [6.07, 6.45) is 1.86. The third-order valence-electron chi connectivity index (χ3n) is 2.71. The number of carbonyl (C=O) groups excluding carboxylic acids is 1. The van der Waals surface area contributed by atoms with Gasteiger partial charge in [-0.25, -0.2) is 8.42 Å². The van der Waals surface area contributed by atoms with Crippen LogP contribution >= 0.6 is 22.3 Å². The molecule has 1 aromatic carbocycles. The Labute approximate surface area is 128 Å². The highest BCUT2D eigenvalue weighted by atomic mass is 35.7. The number of hydrogen-bond donors (Lipinski definition) is 1. The van der Waals surface area contributed by atoms with Crippen molar-refractivity contribution < 1.29 is 13.2 Å². The molecule has 0 fully saturated rings. The minimum Gasteiger partial charge on any atom is -0.352 e. The zero-order chi connectivity index (χ0) is 15.3. The van der Waals surface area contributed by atoms with Crippen LogP contribution in [0.15, 0.2) is 23.1 Å². The van der Waals surface area contributed by atoms with E-state index in [4.69, 9.17) is 22.3 Å². The van der Waals surface area contributed by atoms with E-state index in [1.54, 1.807) is 0 Å². The first kappa shape index (κ1) is 17.3. The van der Waals surface area contributed by atoms with E-state index in [0.717, 1.165) is 12.8 Å². The van der Waals surface area contributed by atoms with Gasteiger partial charge in [-0.05, 0) is 37.0 Å². The SMILES string of the molecule is CC(C)CCCNC(=O)c1cc(S(=O)(=O)Cl)ccc1Cl. The molecule has 0 aliphatic rings. The van der Waals surface area contributed by atoms with Gasteiger partial charge < -0.3 is 5.32 Å². The molecule has 0 saturated carbocycles. The van der Waals surface area contributed by atoms with Crippen molar-refractivity contribution in [3.05, 3.63) is 28.8 Å². The number of rotatable bonds is 6. The maximum Gasteiger partial charge on any atom is 0.261 e. The molecule has 1 amide bonds. The number of nitrogens with one attached hydrogen (secondary N) is 1. The lowest BCUT2D eigenvalue weighted by molar-refractivity contribution is 0.0952. The fourth-order valence-electron chi connectivity index (χ4n) is 1.64. The van der Waals surface area contributed by atoms with Gasteiger partial charge in [0.15, 0.2) is 0 Å². The number of carbonyl (C=O) groups is 1. The van der Waals surface area contributed by atoms with E-state index in [0.29, 0.717) is 12.5 Å². The molecule has 4 nitrogen and oxygen atoms in total. The second-order valence-electron chi connectivity index (χ2n) is 4.87. The topological polar surface area (TPSA) is 63.2 Å². The van der Waals surface area contributed by atoms with E-state index >= 15 is 0 Å². The van der Waals surface area contributed by atoms with Crippen LogP contribution in [-0.2, 0) is 9.05 Å². The van der Waals surface area contributed by atoms with Crippen molar-refractivity contribution in [2.24, 2.45) is 5.92 Å². The van der Waals surface area contributed by atoms with E-state index in [-0.39, 0.29) is 15.5 Å². The average Bonchev–Trinajstić information content (AvgIpc) is 2.33. The van der Waals surface area contributed by atoms with Crippen LogP contribution < -0.4 is 5.32 Å². The molecule has 1 rings (SSSR count). The normalized spacial score (nSPS) is 11.7. The summed E-state index contributed by atoms with van der Waals surface area (Å²) in [5.41, 5.74) is 0.109. The van der Waals surface area contributed by atoms with Crippen LogP contribution in [0, 0.1) is 5.92 Å². The fourth-order valence-corrected chi connectivity index (χ4v) is 2.62. The monoisotopic (exact) mass is 337 g/mol. The lowest BCUT2D eigenvalue weighted by atomic mass is 10.1. The van der Waals surface area contributed by atoms with Crippen LogP contribution in [0.5, 0.6) is 0 Å². The second kappa shape index (κ2) is 7.29. The maximum absolute atomic E-state index is 12.0. The van der Waals surface area contributed by atoms with E-state index in [9.17, 15) is 13.2 Å². The van der Waals surface area contributed by atoms with Gasteiger partial charge in [0.25, 0.3) is 15.0 Å². The van der Waals surface area contributed by atoms with Gasteiger partial charge in [-0.1, -0.05) is 25.4 Å². The summed E-state index contributed by atoms with van der Waals surface area (Å²) >= 11 is 5.91. The molecule has 1 N–H and O–H groups in total. The Bertz CT molecular complexity index is 585.